The molecule has 3 aliphatic heterocycles. The maximum atomic E-state index is 13.0. The average molecular weight is 448 g/mol. The molecule has 2 aromatic carbocycles. The van der Waals surface area contributed by atoms with Crippen LogP contribution in [0.15, 0.2) is 42.5 Å². The zero-order valence-electron chi connectivity index (χ0n) is 15.6. The molecule has 0 aliphatic carbocycles. The van der Waals surface area contributed by atoms with Crippen LogP contribution in [0.25, 0.3) is 0 Å². The van der Waals surface area contributed by atoms with Gasteiger partial charge in [0.1, 0.15) is 18.2 Å². The van der Waals surface area contributed by atoms with Crippen molar-refractivity contribution in [2.24, 2.45) is 5.92 Å². The normalized spacial score (nSPS) is 22.9. The topological polar surface area (TPSA) is 24.5 Å². The van der Waals surface area contributed by atoms with Crippen molar-refractivity contribution in [2.75, 3.05) is 19.6 Å². The zero-order valence-corrected chi connectivity index (χ0v) is 18.0. The van der Waals surface area contributed by atoms with Crippen LogP contribution in [0.2, 0.25) is 5.02 Å². The number of benzene rings is 2. The van der Waals surface area contributed by atoms with Crippen molar-refractivity contribution >= 4 is 36.4 Å². The van der Waals surface area contributed by atoms with Crippen molar-refractivity contribution in [3.63, 3.8) is 0 Å². The van der Waals surface area contributed by atoms with Crippen molar-refractivity contribution < 1.29 is 9.13 Å². The Labute approximate surface area is 183 Å². The first-order valence-corrected chi connectivity index (χ1v) is 9.66. The lowest BCUT2D eigenvalue weighted by atomic mass is 9.84. The second-order valence-electron chi connectivity index (χ2n) is 7.29. The molecule has 0 radical (unpaired) electrons. The van der Waals surface area contributed by atoms with Crippen LogP contribution in [0.5, 0.6) is 5.75 Å². The maximum Gasteiger partial charge on any atom is 0.124 e. The summed E-state index contributed by atoms with van der Waals surface area (Å²) in [4.78, 5) is 2.54. The average Bonchev–Trinajstić information content (AvgIpc) is 2.68. The fourth-order valence-corrected chi connectivity index (χ4v) is 4.20. The molecular weight excluding hydrogens is 422 g/mol. The van der Waals surface area contributed by atoms with Gasteiger partial charge in [0.15, 0.2) is 0 Å². The minimum atomic E-state index is -0.234. The van der Waals surface area contributed by atoms with Gasteiger partial charge in [-0.05, 0) is 67.7 Å². The second kappa shape index (κ2) is 10.7. The molecule has 3 nitrogen and oxygen atoms in total. The molecule has 3 fully saturated rings. The number of halogens is 4. The molecule has 0 amide bonds. The molecule has 3 heterocycles. The zero-order chi connectivity index (χ0) is 17.9. The van der Waals surface area contributed by atoms with Crippen molar-refractivity contribution in [1.82, 2.24) is 10.2 Å². The van der Waals surface area contributed by atoms with Gasteiger partial charge in [-0.3, -0.25) is 0 Å². The Balaban J connectivity index is 0.00000140. The summed E-state index contributed by atoms with van der Waals surface area (Å²) in [5.41, 5.74) is 2.01. The Kier molecular flexibility index (Phi) is 8.84. The van der Waals surface area contributed by atoms with E-state index in [0.717, 1.165) is 35.9 Å². The number of nitrogens with zero attached hydrogens (tertiary/aromatic N) is 1. The van der Waals surface area contributed by atoms with Crippen molar-refractivity contribution in [1.29, 1.82) is 0 Å². The van der Waals surface area contributed by atoms with Crippen LogP contribution in [0.1, 0.15) is 24.0 Å². The van der Waals surface area contributed by atoms with Crippen LogP contribution in [-0.4, -0.2) is 30.6 Å². The molecule has 3 saturated heterocycles. The predicted octanol–water partition coefficient (Wildman–Crippen LogP) is 5.09. The first kappa shape index (κ1) is 23.2. The summed E-state index contributed by atoms with van der Waals surface area (Å²) in [6.07, 6.45) is 2.59. The maximum absolute atomic E-state index is 13.0. The first-order chi connectivity index (χ1) is 12.7. The van der Waals surface area contributed by atoms with Crippen LogP contribution in [-0.2, 0) is 13.2 Å². The summed E-state index contributed by atoms with van der Waals surface area (Å²) < 4.78 is 19.0. The highest BCUT2D eigenvalue weighted by molar-refractivity contribution is 6.30. The van der Waals surface area contributed by atoms with Gasteiger partial charge in [0.25, 0.3) is 0 Å². The minimum absolute atomic E-state index is 0. The lowest BCUT2D eigenvalue weighted by Gasteiger charge is -2.45. The Morgan fingerprint density at radius 1 is 1.07 bits per heavy atom. The van der Waals surface area contributed by atoms with Crippen molar-refractivity contribution in [3.8, 4) is 5.75 Å². The van der Waals surface area contributed by atoms with Gasteiger partial charge in [-0.2, -0.15) is 0 Å². The van der Waals surface area contributed by atoms with Gasteiger partial charge >= 0.3 is 0 Å². The molecule has 1 atom stereocenters. The summed E-state index contributed by atoms with van der Waals surface area (Å²) in [6, 6.07) is 12.7. The van der Waals surface area contributed by atoms with Gasteiger partial charge in [-0.15, -0.1) is 24.8 Å². The third-order valence-electron chi connectivity index (χ3n) is 5.54. The predicted molar refractivity (Wildman–Crippen MR) is 116 cm³/mol. The molecule has 0 saturated carbocycles. The van der Waals surface area contributed by atoms with Crippen LogP contribution in [0.3, 0.4) is 0 Å². The van der Waals surface area contributed by atoms with Crippen LogP contribution in [0.4, 0.5) is 4.39 Å². The standard InChI is InChI=1S/C21H24ClFN2O.2ClH/c22-18-3-6-21(26-14-15-1-4-19(23)5-2-15)17(11-18)12-24-20-13-25-9-7-16(20)8-10-25;;/h1-6,11,16,20,24H,7-10,12-14H2;2*1H. The molecular formula is C21H26Cl3FN2O. The lowest BCUT2D eigenvalue weighted by Crippen LogP contribution is -2.55. The largest absolute Gasteiger partial charge is 0.489 e. The van der Waals surface area contributed by atoms with E-state index in [1.807, 2.05) is 18.2 Å². The SMILES string of the molecule is Cl.Cl.Fc1ccc(COc2ccc(Cl)cc2CNC2CN3CCC2CC3)cc1. The van der Waals surface area contributed by atoms with E-state index in [9.17, 15) is 4.39 Å². The number of hydrogen-bond acceptors (Lipinski definition) is 3. The second-order valence-corrected chi connectivity index (χ2v) is 7.73. The molecule has 5 rings (SSSR count). The van der Waals surface area contributed by atoms with Crippen LogP contribution in [0, 0.1) is 11.7 Å². The molecule has 0 spiro atoms. The Morgan fingerprint density at radius 3 is 2.43 bits per heavy atom. The fraction of sp³-hybridized carbons (Fsp3) is 0.429. The molecule has 1 unspecified atom stereocenters. The van der Waals surface area contributed by atoms with E-state index in [0.29, 0.717) is 17.7 Å². The van der Waals surface area contributed by atoms with Gasteiger partial charge in [-0.25, -0.2) is 4.39 Å². The number of nitrogens with one attached hydrogen (secondary N) is 1. The summed E-state index contributed by atoms with van der Waals surface area (Å²) in [5.74, 6) is 1.37. The van der Waals surface area contributed by atoms with E-state index >= 15 is 0 Å². The third kappa shape index (κ3) is 5.74. The van der Waals surface area contributed by atoms with E-state index in [-0.39, 0.29) is 30.6 Å². The fourth-order valence-electron chi connectivity index (χ4n) is 4.01. The first-order valence-electron chi connectivity index (χ1n) is 9.29. The lowest BCUT2D eigenvalue weighted by molar-refractivity contribution is 0.0718. The van der Waals surface area contributed by atoms with E-state index in [4.69, 9.17) is 16.3 Å². The van der Waals surface area contributed by atoms with E-state index in [2.05, 4.69) is 10.2 Å². The van der Waals surface area contributed by atoms with E-state index < -0.39 is 0 Å². The molecule has 3 aliphatic rings. The van der Waals surface area contributed by atoms with E-state index in [1.165, 1.54) is 38.1 Å². The van der Waals surface area contributed by atoms with E-state index in [1.54, 1.807) is 12.1 Å². The molecule has 7 heteroatoms. The summed E-state index contributed by atoms with van der Waals surface area (Å²) in [6.45, 7) is 4.78. The van der Waals surface area contributed by atoms with Gasteiger partial charge in [0, 0.05) is 29.7 Å². The smallest absolute Gasteiger partial charge is 0.124 e. The van der Waals surface area contributed by atoms with Crippen molar-refractivity contribution in [3.05, 3.63) is 64.4 Å². The molecule has 0 aromatic heterocycles. The number of piperidine rings is 3. The van der Waals surface area contributed by atoms with Crippen molar-refractivity contribution in [2.45, 2.75) is 32.0 Å². The van der Waals surface area contributed by atoms with Gasteiger partial charge < -0.3 is 15.0 Å². The Bertz CT molecular complexity index is 752. The Morgan fingerprint density at radius 2 is 1.79 bits per heavy atom. The summed E-state index contributed by atoms with van der Waals surface area (Å²) in [5, 5.41) is 4.43. The van der Waals surface area contributed by atoms with Gasteiger partial charge in [-0.1, -0.05) is 23.7 Å². The number of fused-ring (bicyclic) bond motifs is 3. The van der Waals surface area contributed by atoms with Gasteiger partial charge in [0.05, 0.1) is 0 Å². The summed E-state index contributed by atoms with van der Waals surface area (Å²) in [7, 11) is 0. The minimum Gasteiger partial charge on any atom is -0.489 e. The monoisotopic (exact) mass is 446 g/mol. The van der Waals surface area contributed by atoms with Gasteiger partial charge in [0.2, 0.25) is 0 Å². The highest BCUT2D eigenvalue weighted by atomic mass is 35.5. The molecule has 154 valence electrons. The van der Waals surface area contributed by atoms with Crippen LogP contribution < -0.4 is 10.1 Å². The summed E-state index contributed by atoms with van der Waals surface area (Å²) >= 11 is 6.20. The highest BCUT2D eigenvalue weighted by Gasteiger charge is 2.33. The third-order valence-corrected chi connectivity index (χ3v) is 5.78. The molecule has 1 N–H and O–H groups in total. The number of hydrogen-bond donors (Lipinski definition) is 1. The molecule has 2 aromatic rings. The number of ether oxygens (including phenoxy) is 1. The number of rotatable bonds is 6. The molecule has 2 bridgehead atoms. The van der Waals surface area contributed by atoms with Crippen LogP contribution >= 0.6 is 36.4 Å². The highest BCUT2D eigenvalue weighted by Crippen LogP contribution is 2.29. The Hall–Kier alpha value is -1.04. The quantitative estimate of drug-likeness (QED) is 0.668. The molecule has 28 heavy (non-hydrogen) atoms.